The van der Waals surface area contributed by atoms with Gasteiger partial charge in [-0.15, -0.1) is 0 Å². The Bertz CT molecular complexity index is 727. The van der Waals surface area contributed by atoms with E-state index >= 15 is 0 Å². The van der Waals surface area contributed by atoms with Crippen molar-refractivity contribution in [3.05, 3.63) is 53.6 Å². The number of nitrogens with zero attached hydrogens (tertiary/aromatic N) is 1. The number of anilines is 1. The monoisotopic (exact) mass is 325 g/mol. The second kappa shape index (κ2) is 7.39. The molecule has 126 valence electrons. The van der Waals surface area contributed by atoms with Gasteiger partial charge in [-0.2, -0.15) is 0 Å². The van der Waals surface area contributed by atoms with Crippen LogP contribution in [-0.2, 0) is 4.79 Å². The van der Waals surface area contributed by atoms with Crippen LogP contribution in [0.2, 0.25) is 0 Å². The van der Waals surface area contributed by atoms with Gasteiger partial charge in [0, 0.05) is 6.54 Å². The Kier molecular flexibility index (Phi) is 5.04. The lowest BCUT2D eigenvalue weighted by atomic mass is 10.1. The molecule has 1 aliphatic heterocycles. The zero-order valence-electron chi connectivity index (χ0n) is 14.2. The first-order chi connectivity index (χ1) is 11.6. The van der Waals surface area contributed by atoms with Crippen LogP contribution >= 0.6 is 0 Å². The first kappa shape index (κ1) is 16.4. The zero-order chi connectivity index (χ0) is 16.9. The molecule has 4 heteroatoms. The molecule has 1 aliphatic rings. The number of amides is 1. The van der Waals surface area contributed by atoms with Crippen LogP contribution in [0.1, 0.15) is 24.0 Å². The maximum absolute atomic E-state index is 12.2. The Morgan fingerprint density at radius 2 is 1.96 bits per heavy atom. The van der Waals surface area contributed by atoms with Crippen molar-refractivity contribution in [2.45, 2.75) is 26.7 Å². The van der Waals surface area contributed by atoms with Gasteiger partial charge in [-0.25, -0.2) is 0 Å². The van der Waals surface area contributed by atoms with Gasteiger partial charge in [-0.1, -0.05) is 24.3 Å². The molecule has 0 unspecified atom stereocenters. The number of carbonyl (C=O) groups is 1. The summed E-state index contributed by atoms with van der Waals surface area (Å²) in [6.07, 6.45) is 1.80. The minimum Gasteiger partial charge on any atom is -0.493 e. The van der Waals surface area contributed by atoms with Gasteiger partial charge in [-0.3, -0.25) is 4.79 Å². The van der Waals surface area contributed by atoms with Crippen LogP contribution in [0.25, 0.3) is 0 Å². The highest BCUT2D eigenvalue weighted by Crippen LogP contribution is 2.33. The zero-order valence-corrected chi connectivity index (χ0v) is 14.2. The van der Waals surface area contributed by atoms with Gasteiger partial charge in [0.05, 0.1) is 12.3 Å². The predicted octanol–water partition coefficient (Wildman–Crippen LogP) is 3.89. The molecule has 2 aromatic rings. The van der Waals surface area contributed by atoms with Gasteiger partial charge in [-0.05, 0) is 56.0 Å². The normalized spacial score (nSPS) is 13.4. The first-order valence-electron chi connectivity index (χ1n) is 8.37. The molecule has 1 heterocycles. The average Bonchev–Trinajstić information content (AvgIpc) is 2.58. The quantitative estimate of drug-likeness (QED) is 0.756. The van der Waals surface area contributed by atoms with Crippen LogP contribution < -0.4 is 14.4 Å². The van der Waals surface area contributed by atoms with E-state index in [0.717, 1.165) is 41.2 Å². The molecule has 0 fully saturated rings. The highest BCUT2D eigenvalue weighted by molar-refractivity contribution is 5.97. The van der Waals surface area contributed by atoms with E-state index in [1.165, 1.54) is 0 Å². The number of hydrogen-bond acceptors (Lipinski definition) is 3. The smallest absolute Gasteiger partial charge is 0.265 e. The number of fused-ring (bicyclic) bond motifs is 1. The first-order valence-corrected chi connectivity index (χ1v) is 8.37. The Balaban J connectivity index is 1.53. The van der Waals surface area contributed by atoms with Crippen molar-refractivity contribution in [3.8, 4) is 11.5 Å². The van der Waals surface area contributed by atoms with E-state index in [-0.39, 0.29) is 12.5 Å². The van der Waals surface area contributed by atoms with Crippen molar-refractivity contribution in [1.82, 2.24) is 0 Å². The van der Waals surface area contributed by atoms with Crippen molar-refractivity contribution < 1.29 is 14.3 Å². The molecular weight excluding hydrogens is 302 g/mol. The van der Waals surface area contributed by atoms with Crippen molar-refractivity contribution in [2.24, 2.45) is 0 Å². The molecule has 2 aromatic carbocycles. The highest BCUT2D eigenvalue weighted by Gasteiger charge is 2.24. The summed E-state index contributed by atoms with van der Waals surface area (Å²) < 4.78 is 11.3. The fourth-order valence-electron chi connectivity index (χ4n) is 2.83. The molecular formula is C20H23NO3. The van der Waals surface area contributed by atoms with Gasteiger partial charge < -0.3 is 14.4 Å². The summed E-state index contributed by atoms with van der Waals surface area (Å²) in [5.74, 6) is 1.74. The number of aryl methyl sites for hydroxylation is 2. The minimum absolute atomic E-state index is 0.0212. The van der Waals surface area contributed by atoms with Gasteiger partial charge in [0.1, 0.15) is 11.5 Å². The van der Waals surface area contributed by atoms with E-state index in [0.29, 0.717) is 13.2 Å². The van der Waals surface area contributed by atoms with Crippen LogP contribution in [-0.4, -0.2) is 25.7 Å². The van der Waals surface area contributed by atoms with Crippen LogP contribution in [0.3, 0.4) is 0 Å². The minimum atomic E-state index is 0.0212. The summed E-state index contributed by atoms with van der Waals surface area (Å²) in [4.78, 5) is 14.0. The number of unbranched alkanes of at least 4 members (excludes halogenated alkanes) is 1. The van der Waals surface area contributed by atoms with Crippen LogP contribution in [0.4, 0.5) is 5.69 Å². The molecule has 0 N–H and O–H groups in total. The van der Waals surface area contributed by atoms with E-state index in [1.807, 2.05) is 61.2 Å². The van der Waals surface area contributed by atoms with Crippen LogP contribution in [0.5, 0.6) is 11.5 Å². The van der Waals surface area contributed by atoms with Gasteiger partial charge in [0.15, 0.2) is 6.61 Å². The number of carbonyl (C=O) groups excluding carboxylic acids is 1. The fourth-order valence-corrected chi connectivity index (χ4v) is 2.83. The average molecular weight is 325 g/mol. The van der Waals surface area contributed by atoms with Gasteiger partial charge in [0.25, 0.3) is 5.91 Å². The Labute approximate surface area is 143 Å². The van der Waals surface area contributed by atoms with Crippen molar-refractivity contribution in [3.63, 3.8) is 0 Å². The van der Waals surface area contributed by atoms with E-state index in [2.05, 4.69) is 0 Å². The largest absolute Gasteiger partial charge is 0.493 e. The van der Waals surface area contributed by atoms with Crippen LogP contribution in [0.15, 0.2) is 42.5 Å². The summed E-state index contributed by atoms with van der Waals surface area (Å²) in [6, 6.07) is 14.0. The van der Waals surface area contributed by atoms with Crippen molar-refractivity contribution in [2.75, 3.05) is 24.7 Å². The summed E-state index contributed by atoms with van der Waals surface area (Å²) >= 11 is 0. The molecule has 0 aromatic heterocycles. The highest BCUT2D eigenvalue weighted by atomic mass is 16.5. The summed E-state index contributed by atoms with van der Waals surface area (Å²) in [5, 5.41) is 0. The second-order valence-electron chi connectivity index (χ2n) is 6.13. The molecule has 0 saturated heterocycles. The maximum Gasteiger partial charge on any atom is 0.265 e. The molecule has 3 rings (SSSR count). The standard InChI is InChI=1S/C20H23NO3/c1-15-9-10-19-17(13-15)21(20(22)14-24-19)11-5-6-12-23-18-8-4-3-7-16(18)2/h3-4,7-10,13H,5-6,11-12,14H2,1-2H3. The molecule has 0 saturated carbocycles. The number of para-hydroxylation sites is 1. The molecule has 4 nitrogen and oxygen atoms in total. The molecule has 24 heavy (non-hydrogen) atoms. The molecule has 1 amide bonds. The Morgan fingerprint density at radius 1 is 1.12 bits per heavy atom. The topological polar surface area (TPSA) is 38.8 Å². The summed E-state index contributed by atoms with van der Waals surface area (Å²) in [5.41, 5.74) is 3.15. The third-order valence-corrected chi connectivity index (χ3v) is 4.18. The van der Waals surface area contributed by atoms with Gasteiger partial charge in [0.2, 0.25) is 0 Å². The third-order valence-electron chi connectivity index (χ3n) is 4.18. The van der Waals surface area contributed by atoms with Crippen molar-refractivity contribution in [1.29, 1.82) is 0 Å². The Hall–Kier alpha value is -2.49. The molecule has 0 atom stereocenters. The SMILES string of the molecule is Cc1ccc2c(c1)N(CCCCOc1ccccc1C)C(=O)CO2. The number of ether oxygens (including phenoxy) is 2. The lowest BCUT2D eigenvalue weighted by Crippen LogP contribution is -2.39. The summed E-state index contributed by atoms with van der Waals surface area (Å²) in [6.45, 7) is 5.53. The molecule has 0 radical (unpaired) electrons. The molecule has 0 bridgehead atoms. The molecule has 0 aliphatic carbocycles. The number of hydrogen-bond donors (Lipinski definition) is 0. The second-order valence-corrected chi connectivity index (χ2v) is 6.13. The maximum atomic E-state index is 12.2. The lowest BCUT2D eigenvalue weighted by molar-refractivity contribution is -0.121. The Morgan fingerprint density at radius 3 is 2.79 bits per heavy atom. The molecule has 0 spiro atoms. The predicted molar refractivity (Wildman–Crippen MR) is 94.9 cm³/mol. The van der Waals surface area contributed by atoms with E-state index in [9.17, 15) is 4.79 Å². The third kappa shape index (κ3) is 3.70. The van der Waals surface area contributed by atoms with Crippen molar-refractivity contribution >= 4 is 11.6 Å². The van der Waals surface area contributed by atoms with E-state index in [1.54, 1.807) is 0 Å². The van der Waals surface area contributed by atoms with E-state index < -0.39 is 0 Å². The van der Waals surface area contributed by atoms with Gasteiger partial charge >= 0.3 is 0 Å². The number of benzene rings is 2. The number of rotatable bonds is 6. The lowest BCUT2D eigenvalue weighted by Gasteiger charge is -2.29. The van der Waals surface area contributed by atoms with E-state index in [4.69, 9.17) is 9.47 Å². The van der Waals surface area contributed by atoms with Crippen LogP contribution in [0, 0.1) is 13.8 Å². The summed E-state index contributed by atoms with van der Waals surface area (Å²) in [7, 11) is 0. The fraction of sp³-hybridized carbons (Fsp3) is 0.350.